The number of hydrogen-bond acceptors (Lipinski definition) is 4. The molecule has 2 heterocycles. The van der Waals surface area contributed by atoms with E-state index in [1.54, 1.807) is 7.11 Å². The lowest BCUT2D eigenvalue weighted by Crippen LogP contribution is -2.42. The second kappa shape index (κ2) is 5.90. The smallest absolute Gasteiger partial charge is 0.133 e. The molecular formula is C17H23N3O. The lowest BCUT2D eigenvalue weighted by Gasteiger charge is -2.34. The Morgan fingerprint density at radius 2 is 2.29 bits per heavy atom. The number of methoxy groups -OCH3 is 1. The summed E-state index contributed by atoms with van der Waals surface area (Å²) in [4.78, 5) is 4.51. The number of hydrogen-bond donors (Lipinski definition) is 2. The van der Waals surface area contributed by atoms with Crippen molar-refractivity contribution in [2.75, 3.05) is 32.1 Å². The topological polar surface area (TPSA) is 46.2 Å². The van der Waals surface area contributed by atoms with Crippen LogP contribution in [-0.2, 0) is 0 Å². The third kappa shape index (κ3) is 3.10. The molecule has 21 heavy (non-hydrogen) atoms. The van der Waals surface area contributed by atoms with Gasteiger partial charge in [0.1, 0.15) is 11.6 Å². The quantitative estimate of drug-likeness (QED) is 0.906. The van der Waals surface area contributed by atoms with E-state index in [1.807, 2.05) is 24.4 Å². The van der Waals surface area contributed by atoms with Crippen molar-refractivity contribution in [3.63, 3.8) is 0 Å². The fourth-order valence-corrected chi connectivity index (χ4v) is 2.99. The Labute approximate surface area is 125 Å². The summed E-state index contributed by atoms with van der Waals surface area (Å²) in [7, 11) is 1.69. The van der Waals surface area contributed by atoms with Crippen LogP contribution in [-0.4, -0.2) is 31.7 Å². The van der Waals surface area contributed by atoms with Gasteiger partial charge in [0, 0.05) is 24.7 Å². The van der Waals surface area contributed by atoms with Gasteiger partial charge in [0.25, 0.3) is 0 Å². The predicted octanol–water partition coefficient (Wildman–Crippen LogP) is 3.05. The molecule has 4 nitrogen and oxygen atoms in total. The Kier molecular flexibility index (Phi) is 3.97. The van der Waals surface area contributed by atoms with Crippen LogP contribution in [0.25, 0.3) is 10.8 Å². The van der Waals surface area contributed by atoms with Crippen LogP contribution in [0.3, 0.4) is 0 Å². The predicted molar refractivity (Wildman–Crippen MR) is 87.0 cm³/mol. The Morgan fingerprint density at radius 3 is 3.05 bits per heavy atom. The van der Waals surface area contributed by atoms with Crippen molar-refractivity contribution < 1.29 is 4.74 Å². The molecule has 1 unspecified atom stereocenters. The summed E-state index contributed by atoms with van der Waals surface area (Å²) in [6.45, 7) is 5.49. The maximum atomic E-state index is 5.28. The highest BCUT2D eigenvalue weighted by atomic mass is 16.5. The first-order chi connectivity index (χ1) is 10.2. The molecule has 1 aliphatic rings. The number of aromatic nitrogens is 1. The molecule has 2 aromatic rings. The third-order valence-corrected chi connectivity index (χ3v) is 4.34. The van der Waals surface area contributed by atoms with E-state index in [9.17, 15) is 0 Å². The molecule has 1 saturated heterocycles. The van der Waals surface area contributed by atoms with Gasteiger partial charge in [-0.15, -0.1) is 0 Å². The van der Waals surface area contributed by atoms with E-state index in [4.69, 9.17) is 4.74 Å². The van der Waals surface area contributed by atoms with Gasteiger partial charge in [0.2, 0.25) is 0 Å². The number of pyridine rings is 1. The summed E-state index contributed by atoms with van der Waals surface area (Å²) in [5, 5.41) is 9.33. The zero-order chi connectivity index (χ0) is 14.7. The maximum Gasteiger partial charge on any atom is 0.133 e. The van der Waals surface area contributed by atoms with Gasteiger partial charge in [-0.05, 0) is 54.5 Å². The van der Waals surface area contributed by atoms with Gasteiger partial charge < -0.3 is 15.4 Å². The van der Waals surface area contributed by atoms with E-state index in [0.29, 0.717) is 5.41 Å². The van der Waals surface area contributed by atoms with Gasteiger partial charge in [-0.3, -0.25) is 0 Å². The van der Waals surface area contributed by atoms with Crippen molar-refractivity contribution >= 4 is 16.6 Å². The molecule has 0 bridgehead atoms. The first-order valence-corrected chi connectivity index (χ1v) is 7.58. The van der Waals surface area contributed by atoms with Crippen LogP contribution in [0.1, 0.15) is 19.8 Å². The molecule has 0 saturated carbocycles. The molecule has 1 fully saturated rings. The molecule has 0 spiro atoms. The zero-order valence-electron chi connectivity index (χ0n) is 12.8. The minimum absolute atomic E-state index is 0.300. The number of nitrogens with zero attached hydrogens (tertiary/aromatic N) is 1. The molecule has 1 aliphatic heterocycles. The van der Waals surface area contributed by atoms with E-state index in [-0.39, 0.29) is 0 Å². The van der Waals surface area contributed by atoms with Gasteiger partial charge in [0.15, 0.2) is 0 Å². The summed E-state index contributed by atoms with van der Waals surface area (Å²) in [6, 6.07) is 8.13. The molecule has 1 atom stereocenters. The highest BCUT2D eigenvalue weighted by Gasteiger charge is 2.26. The fourth-order valence-electron chi connectivity index (χ4n) is 2.99. The number of benzene rings is 1. The Balaban J connectivity index is 1.80. The molecule has 0 aliphatic carbocycles. The number of ether oxygens (including phenoxy) is 1. The molecule has 0 radical (unpaired) electrons. The third-order valence-electron chi connectivity index (χ3n) is 4.34. The molecule has 1 aromatic heterocycles. The first-order valence-electron chi connectivity index (χ1n) is 7.58. The molecule has 112 valence electrons. The Bertz CT molecular complexity index is 620. The second-order valence-corrected chi connectivity index (χ2v) is 6.19. The fraction of sp³-hybridized carbons (Fsp3) is 0.471. The normalized spacial score (nSPS) is 22.2. The number of anilines is 1. The van der Waals surface area contributed by atoms with Crippen molar-refractivity contribution in [3.8, 4) is 5.75 Å². The lowest BCUT2D eigenvalue weighted by atomic mass is 9.83. The van der Waals surface area contributed by atoms with Crippen molar-refractivity contribution in [1.29, 1.82) is 0 Å². The number of rotatable bonds is 4. The van der Waals surface area contributed by atoms with Gasteiger partial charge >= 0.3 is 0 Å². The number of piperidine rings is 1. The van der Waals surface area contributed by atoms with E-state index in [1.165, 1.54) is 12.8 Å². The van der Waals surface area contributed by atoms with Gasteiger partial charge in [0.05, 0.1) is 7.11 Å². The highest BCUT2D eigenvalue weighted by Crippen LogP contribution is 2.29. The molecule has 4 heteroatoms. The molecule has 2 N–H and O–H groups in total. The summed E-state index contributed by atoms with van der Waals surface area (Å²) in [6.07, 6.45) is 4.36. The minimum atomic E-state index is 0.300. The lowest BCUT2D eigenvalue weighted by molar-refractivity contribution is 0.253. The maximum absolute atomic E-state index is 5.28. The monoisotopic (exact) mass is 285 g/mol. The molecule has 3 rings (SSSR count). The van der Waals surface area contributed by atoms with E-state index < -0.39 is 0 Å². The Hall–Kier alpha value is -1.81. The average molecular weight is 285 g/mol. The average Bonchev–Trinajstić information content (AvgIpc) is 2.53. The van der Waals surface area contributed by atoms with Crippen molar-refractivity contribution in [1.82, 2.24) is 10.3 Å². The molecule has 1 aromatic carbocycles. The second-order valence-electron chi connectivity index (χ2n) is 6.19. The van der Waals surface area contributed by atoms with Gasteiger partial charge in [-0.2, -0.15) is 0 Å². The van der Waals surface area contributed by atoms with Crippen molar-refractivity contribution in [3.05, 3.63) is 30.5 Å². The van der Waals surface area contributed by atoms with Crippen LogP contribution in [0, 0.1) is 5.41 Å². The van der Waals surface area contributed by atoms with Crippen LogP contribution in [0.4, 0.5) is 5.82 Å². The van der Waals surface area contributed by atoms with E-state index in [2.05, 4.69) is 28.6 Å². The number of nitrogens with one attached hydrogen (secondary N) is 2. The van der Waals surface area contributed by atoms with Crippen LogP contribution >= 0.6 is 0 Å². The molecule has 0 amide bonds. The van der Waals surface area contributed by atoms with Crippen LogP contribution < -0.4 is 15.4 Å². The minimum Gasteiger partial charge on any atom is -0.497 e. The highest BCUT2D eigenvalue weighted by molar-refractivity contribution is 5.92. The van der Waals surface area contributed by atoms with E-state index >= 15 is 0 Å². The first kappa shape index (κ1) is 14.1. The van der Waals surface area contributed by atoms with E-state index in [0.717, 1.165) is 42.0 Å². The zero-order valence-corrected chi connectivity index (χ0v) is 12.8. The summed E-state index contributed by atoms with van der Waals surface area (Å²) in [5.74, 6) is 1.84. The molecular weight excluding hydrogens is 262 g/mol. The van der Waals surface area contributed by atoms with Crippen LogP contribution in [0.5, 0.6) is 5.75 Å². The van der Waals surface area contributed by atoms with Crippen LogP contribution in [0.15, 0.2) is 30.5 Å². The standard InChI is InChI=1S/C17H23N3O/c1-17(7-3-8-18-11-17)12-20-16-15-5-4-14(21-2)10-13(15)6-9-19-16/h4-6,9-10,18H,3,7-8,11-12H2,1-2H3,(H,19,20). The SMILES string of the molecule is COc1ccc2c(NCC3(C)CCCNC3)nccc2c1. The van der Waals surface area contributed by atoms with Crippen molar-refractivity contribution in [2.45, 2.75) is 19.8 Å². The van der Waals surface area contributed by atoms with Gasteiger partial charge in [-0.1, -0.05) is 6.92 Å². The van der Waals surface area contributed by atoms with Gasteiger partial charge in [-0.25, -0.2) is 4.98 Å². The van der Waals surface area contributed by atoms with Crippen molar-refractivity contribution in [2.24, 2.45) is 5.41 Å². The van der Waals surface area contributed by atoms with Crippen LogP contribution in [0.2, 0.25) is 0 Å². The summed E-state index contributed by atoms with van der Waals surface area (Å²) in [5.41, 5.74) is 0.300. The summed E-state index contributed by atoms with van der Waals surface area (Å²) >= 11 is 0. The summed E-state index contributed by atoms with van der Waals surface area (Å²) < 4.78 is 5.28. The largest absolute Gasteiger partial charge is 0.497 e. The number of fused-ring (bicyclic) bond motifs is 1. The Morgan fingerprint density at radius 1 is 1.38 bits per heavy atom.